The van der Waals surface area contributed by atoms with Crippen LogP contribution in [0, 0.1) is 5.82 Å². The van der Waals surface area contributed by atoms with Crippen molar-refractivity contribution < 1.29 is 19.0 Å². The molecule has 0 aromatic heterocycles. The lowest BCUT2D eigenvalue weighted by atomic mass is 10.1. The van der Waals surface area contributed by atoms with E-state index in [9.17, 15) is 9.18 Å². The third-order valence-corrected chi connectivity index (χ3v) is 2.21. The molecule has 0 unspecified atom stereocenters. The second-order valence-corrected chi connectivity index (χ2v) is 3.53. The van der Waals surface area contributed by atoms with Gasteiger partial charge in [0.05, 0.1) is 16.6 Å². The smallest absolute Gasteiger partial charge is 0.338 e. The summed E-state index contributed by atoms with van der Waals surface area (Å²) in [6, 6.07) is 2.75. The molecule has 14 heavy (non-hydrogen) atoms. The molecule has 1 rings (SSSR count). The largest absolute Gasteiger partial charge is 0.478 e. The van der Waals surface area contributed by atoms with Gasteiger partial charge < -0.3 is 9.84 Å². The highest BCUT2D eigenvalue weighted by atomic mass is 79.9. The molecule has 1 aromatic rings. The summed E-state index contributed by atoms with van der Waals surface area (Å²) in [5.74, 6) is -2.06. The van der Waals surface area contributed by atoms with Crippen molar-refractivity contribution in [2.24, 2.45) is 0 Å². The number of ether oxygens (including phenoxy) is 1. The van der Waals surface area contributed by atoms with Crippen molar-refractivity contribution in [1.29, 1.82) is 0 Å². The molecule has 0 spiro atoms. The Balaban J connectivity index is 3.21. The fourth-order valence-electron chi connectivity index (χ4n) is 1.05. The number of benzene rings is 1. The highest BCUT2D eigenvalue weighted by molar-refractivity contribution is 9.10. The molecule has 0 amide bonds. The van der Waals surface area contributed by atoms with Crippen molar-refractivity contribution in [1.82, 2.24) is 0 Å². The number of methoxy groups -OCH3 is 1. The molecule has 3 nitrogen and oxygen atoms in total. The van der Waals surface area contributed by atoms with E-state index in [1.807, 2.05) is 0 Å². The average Bonchev–Trinajstić information content (AvgIpc) is 2.11. The molecule has 0 aliphatic carbocycles. The first-order chi connectivity index (χ1) is 6.56. The van der Waals surface area contributed by atoms with E-state index in [-0.39, 0.29) is 16.6 Å². The Bertz CT molecular complexity index is 365. The Labute approximate surface area is 88.6 Å². The zero-order valence-electron chi connectivity index (χ0n) is 7.38. The van der Waals surface area contributed by atoms with Gasteiger partial charge in [0.25, 0.3) is 0 Å². The zero-order chi connectivity index (χ0) is 10.7. The molecule has 0 heterocycles. The molecule has 5 heteroatoms. The summed E-state index contributed by atoms with van der Waals surface area (Å²) in [4.78, 5) is 10.6. The predicted octanol–water partition coefficient (Wildman–Crippen LogP) is 2.43. The second kappa shape index (κ2) is 4.52. The van der Waals surface area contributed by atoms with E-state index < -0.39 is 11.8 Å². The fourth-order valence-corrected chi connectivity index (χ4v) is 1.56. The van der Waals surface area contributed by atoms with Gasteiger partial charge in [-0.15, -0.1) is 0 Å². The number of rotatable bonds is 3. The van der Waals surface area contributed by atoms with Gasteiger partial charge in [-0.05, 0) is 33.6 Å². The van der Waals surface area contributed by atoms with Crippen molar-refractivity contribution in [3.63, 3.8) is 0 Å². The molecule has 0 aliphatic rings. The van der Waals surface area contributed by atoms with Gasteiger partial charge in [-0.25, -0.2) is 9.18 Å². The lowest BCUT2D eigenvalue weighted by Gasteiger charge is -2.04. The van der Waals surface area contributed by atoms with Crippen LogP contribution in [0.1, 0.15) is 15.9 Å². The first kappa shape index (κ1) is 11.1. The van der Waals surface area contributed by atoms with E-state index >= 15 is 0 Å². The summed E-state index contributed by atoms with van der Waals surface area (Å²) in [6.45, 7) is 0.249. The number of hydrogen-bond acceptors (Lipinski definition) is 2. The van der Waals surface area contributed by atoms with Crippen LogP contribution in [0.4, 0.5) is 4.39 Å². The number of carboxylic acids is 1. The normalized spacial score (nSPS) is 10.2. The van der Waals surface area contributed by atoms with E-state index in [2.05, 4.69) is 15.9 Å². The Morgan fingerprint density at radius 1 is 1.64 bits per heavy atom. The molecular weight excluding hydrogens is 255 g/mol. The van der Waals surface area contributed by atoms with Gasteiger partial charge in [-0.1, -0.05) is 0 Å². The van der Waals surface area contributed by atoms with Gasteiger partial charge in [0, 0.05) is 7.11 Å². The van der Waals surface area contributed by atoms with Gasteiger partial charge in [0.2, 0.25) is 0 Å². The number of aromatic carboxylic acids is 1. The Morgan fingerprint density at radius 2 is 2.29 bits per heavy atom. The topological polar surface area (TPSA) is 46.5 Å². The SMILES string of the molecule is COCc1cc(Br)c(F)c(C(=O)O)c1. The molecular formula is C9H8BrFO3. The van der Waals surface area contributed by atoms with E-state index in [0.717, 1.165) is 0 Å². The molecule has 1 aromatic carbocycles. The van der Waals surface area contributed by atoms with Crippen molar-refractivity contribution in [3.05, 3.63) is 33.5 Å². The van der Waals surface area contributed by atoms with Crippen LogP contribution < -0.4 is 0 Å². The van der Waals surface area contributed by atoms with Crippen molar-refractivity contribution in [3.8, 4) is 0 Å². The lowest BCUT2D eigenvalue weighted by molar-refractivity contribution is 0.0691. The second-order valence-electron chi connectivity index (χ2n) is 2.68. The lowest BCUT2D eigenvalue weighted by Crippen LogP contribution is -2.03. The zero-order valence-corrected chi connectivity index (χ0v) is 8.97. The average molecular weight is 263 g/mol. The maximum atomic E-state index is 13.2. The standard InChI is InChI=1S/C9H8BrFO3/c1-14-4-5-2-6(9(12)13)8(11)7(10)3-5/h2-3H,4H2,1H3,(H,12,13). The fraction of sp³-hybridized carbons (Fsp3) is 0.222. The van der Waals surface area contributed by atoms with Crippen LogP contribution in [-0.2, 0) is 11.3 Å². The van der Waals surface area contributed by atoms with Crippen LogP contribution in [0.25, 0.3) is 0 Å². The van der Waals surface area contributed by atoms with Crippen molar-refractivity contribution in [2.75, 3.05) is 7.11 Å². The van der Waals surface area contributed by atoms with E-state index in [4.69, 9.17) is 9.84 Å². The van der Waals surface area contributed by atoms with Crippen LogP contribution in [0.2, 0.25) is 0 Å². The minimum Gasteiger partial charge on any atom is -0.478 e. The van der Waals surface area contributed by atoms with Crippen LogP contribution in [0.3, 0.4) is 0 Å². The summed E-state index contributed by atoms with van der Waals surface area (Å²) < 4.78 is 18.2. The minimum absolute atomic E-state index is 0.129. The summed E-state index contributed by atoms with van der Waals surface area (Å²) in [5.41, 5.74) is 0.254. The Hall–Kier alpha value is -0.940. The third-order valence-electron chi connectivity index (χ3n) is 1.63. The highest BCUT2D eigenvalue weighted by Crippen LogP contribution is 2.21. The molecule has 0 aliphatic heterocycles. The predicted molar refractivity (Wildman–Crippen MR) is 51.8 cm³/mol. The van der Waals surface area contributed by atoms with E-state index in [0.29, 0.717) is 5.56 Å². The van der Waals surface area contributed by atoms with Gasteiger partial charge in [0.15, 0.2) is 5.82 Å². The summed E-state index contributed by atoms with van der Waals surface area (Å²) >= 11 is 2.94. The van der Waals surface area contributed by atoms with Crippen LogP contribution >= 0.6 is 15.9 Å². The summed E-state index contributed by atoms with van der Waals surface area (Å²) in [7, 11) is 1.48. The van der Waals surface area contributed by atoms with Crippen molar-refractivity contribution >= 4 is 21.9 Å². The quantitative estimate of drug-likeness (QED) is 0.910. The Kier molecular flexibility index (Phi) is 3.60. The monoisotopic (exact) mass is 262 g/mol. The third kappa shape index (κ3) is 2.30. The van der Waals surface area contributed by atoms with Gasteiger partial charge in [-0.2, -0.15) is 0 Å². The Morgan fingerprint density at radius 3 is 2.79 bits per heavy atom. The first-order valence-electron chi connectivity index (χ1n) is 3.76. The van der Waals surface area contributed by atoms with E-state index in [1.165, 1.54) is 19.2 Å². The minimum atomic E-state index is -1.29. The molecule has 0 radical (unpaired) electrons. The molecule has 0 saturated carbocycles. The molecule has 0 atom stereocenters. The molecule has 76 valence electrons. The summed E-state index contributed by atoms with van der Waals surface area (Å²) in [6.07, 6.45) is 0. The number of carboxylic acid groups (broad SMARTS) is 1. The maximum Gasteiger partial charge on any atom is 0.338 e. The molecule has 0 bridgehead atoms. The number of carbonyl (C=O) groups is 1. The van der Waals surface area contributed by atoms with Crippen LogP contribution in [0.5, 0.6) is 0 Å². The highest BCUT2D eigenvalue weighted by Gasteiger charge is 2.14. The van der Waals surface area contributed by atoms with E-state index in [1.54, 1.807) is 0 Å². The molecule has 0 fully saturated rings. The van der Waals surface area contributed by atoms with Crippen molar-refractivity contribution in [2.45, 2.75) is 6.61 Å². The molecule has 0 saturated heterocycles. The van der Waals surface area contributed by atoms with Crippen LogP contribution in [-0.4, -0.2) is 18.2 Å². The first-order valence-corrected chi connectivity index (χ1v) is 4.55. The number of halogens is 2. The van der Waals surface area contributed by atoms with Gasteiger partial charge >= 0.3 is 5.97 Å². The van der Waals surface area contributed by atoms with Crippen LogP contribution in [0.15, 0.2) is 16.6 Å². The van der Waals surface area contributed by atoms with Gasteiger partial charge in [0.1, 0.15) is 0 Å². The van der Waals surface area contributed by atoms with Gasteiger partial charge in [-0.3, -0.25) is 0 Å². The maximum absolute atomic E-state index is 13.2. The summed E-state index contributed by atoms with van der Waals surface area (Å²) in [5, 5.41) is 8.68. The molecule has 1 N–H and O–H groups in total. The number of hydrogen-bond donors (Lipinski definition) is 1.